The zero-order chi connectivity index (χ0) is 19.9. The zero-order valence-corrected chi connectivity index (χ0v) is 15.9. The Morgan fingerprint density at radius 2 is 1.21 bits per heavy atom. The topological polar surface area (TPSA) is 52.6 Å². The van der Waals surface area contributed by atoms with Crippen molar-refractivity contribution < 1.29 is 19.1 Å². The number of esters is 2. The molecule has 0 saturated heterocycles. The molecule has 0 spiro atoms. The van der Waals surface area contributed by atoms with Crippen molar-refractivity contribution in [3.63, 3.8) is 0 Å². The van der Waals surface area contributed by atoms with Crippen LogP contribution in [0.3, 0.4) is 0 Å². The highest BCUT2D eigenvalue weighted by atomic mass is 16.6. The summed E-state index contributed by atoms with van der Waals surface area (Å²) in [7, 11) is 0. The van der Waals surface area contributed by atoms with Gasteiger partial charge in [-0.2, -0.15) is 0 Å². The fourth-order valence-corrected chi connectivity index (χ4v) is 2.78. The Hall–Kier alpha value is -3.40. The van der Waals surface area contributed by atoms with Gasteiger partial charge in [0.15, 0.2) is 11.5 Å². The van der Waals surface area contributed by atoms with Gasteiger partial charge in [0.25, 0.3) is 0 Å². The maximum absolute atomic E-state index is 12.5. The molecule has 0 fully saturated rings. The maximum Gasteiger partial charge on any atom is 0.343 e. The summed E-state index contributed by atoms with van der Waals surface area (Å²) in [4.78, 5) is 24.9. The van der Waals surface area contributed by atoms with Gasteiger partial charge in [0, 0.05) is 0 Å². The second-order valence-electron chi connectivity index (χ2n) is 6.89. The molecule has 3 aromatic rings. The van der Waals surface area contributed by atoms with Crippen LogP contribution in [0.2, 0.25) is 0 Å². The fraction of sp³-hybridized carbons (Fsp3) is 0.167. The van der Waals surface area contributed by atoms with E-state index in [1.165, 1.54) is 0 Å². The number of hydrogen-bond donors (Lipinski definition) is 0. The lowest BCUT2D eigenvalue weighted by Crippen LogP contribution is -2.13. The van der Waals surface area contributed by atoms with Gasteiger partial charge in [-0.15, -0.1) is 0 Å². The molecule has 4 nitrogen and oxygen atoms in total. The molecule has 4 heteroatoms. The Bertz CT molecular complexity index is 947. The van der Waals surface area contributed by atoms with E-state index in [0.29, 0.717) is 17.0 Å². The Morgan fingerprint density at radius 1 is 0.714 bits per heavy atom. The second kappa shape index (κ2) is 9.00. The van der Waals surface area contributed by atoms with Crippen molar-refractivity contribution in [2.45, 2.75) is 20.3 Å². The zero-order valence-electron chi connectivity index (χ0n) is 15.9. The Morgan fingerprint density at radius 3 is 1.71 bits per heavy atom. The molecule has 28 heavy (non-hydrogen) atoms. The Labute approximate surface area is 164 Å². The van der Waals surface area contributed by atoms with E-state index >= 15 is 0 Å². The van der Waals surface area contributed by atoms with E-state index in [1.807, 2.05) is 18.2 Å². The first-order valence-corrected chi connectivity index (χ1v) is 9.20. The first-order chi connectivity index (χ1) is 13.5. The van der Waals surface area contributed by atoms with Crippen molar-refractivity contribution in [2.75, 3.05) is 0 Å². The molecule has 0 atom stereocenters. The number of rotatable bonds is 6. The highest BCUT2D eigenvalue weighted by molar-refractivity contribution is 5.93. The smallest absolute Gasteiger partial charge is 0.343 e. The predicted molar refractivity (Wildman–Crippen MR) is 108 cm³/mol. The van der Waals surface area contributed by atoms with E-state index in [9.17, 15) is 9.59 Å². The van der Waals surface area contributed by atoms with E-state index in [1.54, 1.807) is 60.7 Å². The van der Waals surface area contributed by atoms with E-state index in [-0.39, 0.29) is 11.5 Å². The third kappa shape index (κ3) is 5.07. The summed E-state index contributed by atoms with van der Waals surface area (Å²) in [6.45, 7) is 4.22. The molecule has 0 aliphatic heterocycles. The van der Waals surface area contributed by atoms with Crippen LogP contribution in [0.5, 0.6) is 11.5 Å². The number of ether oxygens (including phenoxy) is 2. The summed E-state index contributed by atoms with van der Waals surface area (Å²) < 4.78 is 11.1. The average molecular weight is 374 g/mol. The van der Waals surface area contributed by atoms with Gasteiger partial charge < -0.3 is 9.47 Å². The van der Waals surface area contributed by atoms with Crippen LogP contribution in [-0.2, 0) is 6.42 Å². The molecule has 0 N–H and O–H groups in total. The minimum atomic E-state index is -0.505. The number of carbonyl (C=O) groups is 2. The first-order valence-electron chi connectivity index (χ1n) is 9.20. The van der Waals surface area contributed by atoms with Gasteiger partial charge in [-0.1, -0.05) is 56.3 Å². The third-order valence-electron chi connectivity index (χ3n) is 4.08. The highest BCUT2D eigenvalue weighted by Crippen LogP contribution is 2.31. The van der Waals surface area contributed by atoms with Gasteiger partial charge in [0.2, 0.25) is 0 Å². The lowest BCUT2D eigenvalue weighted by molar-refractivity contribution is 0.0682. The Balaban J connectivity index is 1.88. The van der Waals surface area contributed by atoms with Crippen LogP contribution in [0.25, 0.3) is 0 Å². The quantitative estimate of drug-likeness (QED) is 0.433. The first kappa shape index (κ1) is 19.4. The molecular formula is C24H22O4. The minimum Gasteiger partial charge on any atom is -0.419 e. The van der Waals surface area contributed by atoms with Crippen LogP contribution < -0.4 is 9.47 Å². The van der Waals surface area contributed by atoms with Gasteiger partial charge in [-0.3, -0.25) is 0 Å². The molecule has 142 valence electrons. The van der Waals surface area contributed by atoms with Gasteiger partial charge in [0.05, 0.1) is 11.1 Å². The SMILES string of the molecule is CC(C)Cc1ccc(OC(=O)c2ccccc2)c(OC(=O)c2ccccc2)c1. The molecule has 0 aliphatic carbocycles. The molecule has 0 aliphatic rings. The summed E-state index contributed by atoms with van der Waals surface area (Å²) in [6.07, 6.45) is 0.822. The summed E-state index contributed by atoms with van der Waals surface area (Å²) >= 11 is 0. The second-order valence-corrected chi connectivity index (χ2v) is 6.89. The lowest BCUT2D eigenvalue weighted by atomic mass is 10.0. The molecule has 0 bridgehead atoms. The summed E-state index contributed by atoms with van der Waals surface area (Å²) in [5.74, 6) is -0.120. The van der Waals surface area contributed by atoms with Gasteiger partial charge in [-0.25, -0.2) is 9.59 Å². The van der Waals surface area contributed by atoms with E-state index in [0.717, 1.165) is 12.0 Å². The molecule has 0 radical (unpaired) electrons. The fourth-order valence-electron chi connectivity index (χ4n) is 2.78. The van der Waals surface area contributed by atoms with E-state index in [2.05, 4.69) is 13.8 Å². The van der Waals surface area contributed by atoms with Crippen molar-refractivity contribution in [1.29, 1.82) is 0 Å². The number of carbonyl (C=O) groups excluding carboxylic acids is 2. The predicted octanol–water partition coefficient (Wildman–Crippen LogP) is 5.32. The number of benzene rings is 3. The van der Waals surface area contributed by atoms with Crippen LogP contribution in [0, 0.1) is 5.92 Å². The summed E-state index contributed by atoms with van der Waals surface area (Å²) in [6, 6.07) is 22.7. The molecule has 3 rings (SSSR count). The molecule has 3 aromatic carbocycles. The largest absolute Gasteiger partial charge is 0.419 e. The third-order valence-corrected chi connectivity index (χ3v) is 4.08. The standard InChI is InChI=1S/C24H22O4/c1-17(2)15-18-13-14-21(27-23(25)19-9-5-3-6-10-19)22(16-18)28-24(26)20-11-7-4-8-12-20/h3-14,16-17H,15H2,1-2H3. The van der Waals surface area contributed by atoms with Crippen molar-refractivity contribution in [2.24, 2.45) is 5.92 Å². The van der Waals surface area contributed by atoms with Gasteiger partial charge in [-0.05, 0) is 54.3 Å². The maximum atomic E-state index is 12.5. The van der Waals surface area contributed by atoms with Crippen molar-refractivity contribution in [1.82, 2.24) is 0 Å². The monoisotopic (exact) mass is 374 g/mol. The molecule has 0 unspecified atom stereocenters. The van der Waals surface area contributed by atoms with Crippen LogP contribution >= 0.6 is 0 Å². The Kier molecular flexibility index (Phi) is 6.22. The van der Waals surface area contributed by atoms with Crippen LogP contribution in [0.15, 0.2) is 78.9 Å². The van der Waals surface area contributed by atoms with Gasteiger partial charge >= 0.3 is 11.9 Å². The summed E-state index contributed by atoms with van der Waals surface area (Å²) in [5, 5.41) is 0. The van der Waals surface area contributed by atoms with Crippen molar-refractivity contribution in [3.05, 3.63) is 95.6 Å². The molecule has 0 heterocycles. The number of hydrogen-bond acceptors (Lipinski definition) is 4. The van der Waals surface area contributed by atoms with Crippen LogP contribution in [0.4, 0.5) is 0 Å². The van der Waals surface area contributed by atoms with Crippen molar-refractivity contribution >= 4 is 11.9 Å². The lowest BCUT2D eigenvalue weighted by Gasteiger charge is -2.13. The van der Waals surface area contributed by atoms with Crippen molar-refractivity contribution in [3.8, 4) is 11.5 Å². The van der Waals surface area contributed by atoms with Crippen LogP contribution in [-0.4, -0.2) is 11.9 Å². The highest BCUT2D eigenvalue weighted by Gasteiger charge is 2.17. The average Bonchev–Trinajstić information content (AvgIpc) is 2.70. The molecule has 0 amide bonds. The normalized spacial score (nSPS) is 10.5. The van der Waals surface area contributed by atoms with E-state index < -0.39 is 11.9 Å². The van der Waals surface area contributed by atoms with E-state index in [4.69, 9.17) is 9.47 Å². The summed E-state index contributed by atoms with van der Waals surface area (Å²) in [5.41, 5.74) is 1.86. The molecule has 0 saturated carbocycles. The molecular weight excluding hydrogens is 352 g/mol. The van der Waals surface area contributed by atoms with Gasteiger partial charge in [0.1, 0.15) is 0 Å². The molecule has 0 aromatic heterocycles. The van der Waals surface area contributed by atoms with Crippen LogP contribution in [0.1, 0.15) is 40.1 Å². The minimum absolute atomic E-state index is 0.214.